The molecule has 0 saturated carbocycles. The molecule has 0 radical (unpaired) electrons. The van der Waals surface area contributed by atoms with E-state index < -0.39 is 0 Å². The maximum absolute atomic E-state index is 8.37. The van der Waals surface area contributed by atoms with Gasteiger partial charge in [0.05, 0.1) is 6.07 Å². The van der Waals surface area contributed by atoms with Crippen molar-refractivity contribution in [2.45, 2.75) is 19.8 Å². The van der Waals surface area contributed by atoms with Crippen LogP contribution in [-0.2, 0) is 0 Å². The van der Waals surface area contributed by atoms with Crippen LogP contribution in [0.1, 0.15) is 19.8 Å². The molecular formula is C7H9N. The van der Waals surface area contributed by atoms with Gasteiger partial charge in [0, 0.05) is 5.57 Å². The van der Waals surface area contributed by atoms with Crippen molar-refractivity contribution in [2.24, 2.45) is 5.92 Å². The first-order valence-electron chi connectivity index (χ1n) is 2.92. The topological polar surface area (TPSA) is 23.8 Å². The molecule has 0 bridgehead atoms. The molecule has 1 rings (SSSR count). The second-order valence-electron chi connectivity index (χ2n) is 2.39. The summed E-state index contributed by atoms with van der Waals surface area (Å²) in [6.07, 6.45) is 4.13. The monoisotopic (exact) mass is 107 g/mol. The number of hydrogen-bond donors (Lipinski definition) is 0. The summed E-state index contributed by atoms with van der Waals surface area (Å²) < 4.78 is 0. The van der Waals surface area contributed by atoms with Crippen LogP contribution in [-0.4, -0.2) is 0 Å². The van der Waals surface area contributed by atoms with Gasteiger partial charge in [-0.3, -0.25) is 0 Å². The summed E-state index contributed by atoms with van der Waals surface area (Å²) in [6, 6.07) is 2.16. The van der Waals surface area contributed by atoms with E-state index in [1.807, 2.05) is 6.08 Å². The lowest BCUT2D eigenvalue weighted by molar-refractivity contribution is 0.632. The summed E-state index contributed by atoms with van der Waals surface area (Å²) in [5.41, 5.74) is 0.970. The summed E-state index contributed by atoms with van der Waals surface area (Å²) in [5, 5.41) is 8.37. The maximum atomic E-state index is 8.37. The predicted molar refractivity (Wildman–Crippen MR) is 32.1 cm³/mol. The summed E-state index contributed by atoms with van der Waals surface area (Å²) in [5.74, 6) is 0.713. The molecule has 0 aromatic carbocycles. The number of nitrogens with zero attached hydrogens (tertiary/aromatic N) is 1. The highest BCUT2D eigenvalue weighted by atomic mass is 14.3. The van der Waals surface area contributed by atoms with Crippen molar-refractivity contribution >= 4 is 0 Å². The second kappa shape index (κ2) is 2.00. The minimum absolute atomic E-state index is 0.713. The lowest BCUT2D eigenvalue weighted by Crippen LogP contribution is -1.83. The van der Waals surface area contributed by atoms with E-state index in [0.717, 1.165) is 18.4 Å². The first kappa shape index (κ1) is 5.37. The quantitative estimate of drug-likeness (QED) is 0.463. The Morgan fingerprint density at radius 1 is 1.88 bits per heavy atom. The average molecular weight is 107 g/mol. The zero-order valence-corrected chi connectivity index (χ0v) is 5.02. The van der Waals surface area contributed by atoms with Crippen molar-refractivity contribution in [3.63, 3.8) is 0 Å². The third-order valence-corrected chi connectivity index (χ3v) is 1.48. The van der Waals surface area contributed by atoms with Crippen molar-refractivity contribution in [1.82, 2.24) is 0 Å². The summed E-state index contributed by atoms with van der Waals surface area (Å²) in [4.78, 5) is 0. The predicted octanol–water partition coefficient (Wildman–Crippen LogP) is 1.87. The summed E-state index contributed by atoms with van der Waals surface area (Å²) >= 11 is 0. The first-order valence-corrected chi connectivity index (χ1v) is 2.92. The zero-order chi connectivity index (χ0) is 5.98. The van der Waals surface area contributed by atoms with Crippen LogP contribution in [0, 0.1) is 17.2 Å². The van der Waals surface area contributed by atoms with E-state index in [1.165, 1.54) is 0 Å². The van der Waals surface area contributed by atoms with Gasteiger partial charge in [0.25, 0.3) is 0 Å². The molecule has 1 heteroatoms. The fraction of sp³-hybridized carbons (Fsp3) is 0.571. The zero-order valence-electron chi connectivity index (χ0n) is 5.02. The van der Waals surface area contributed by atoms with Crippen molar-refractivity contribution in [1.29, 1.82) is 5.26 Å². The van der Waals surface area contributed by atoms with Crippen LogP contribution in [0.5, 0.6) is 0 Å². The van der Waals surface area contributed by atoms with Crippen LogP contribution in [0.3, 0.4) is 0 Å². The molecule has 0 fully saturated rings. The number of nitriles is 1. The van der Waals surface area contributed by atoms with Crippen molar-refractivity contribution in [3.05, 3.63) is 11.6 Å². The summed E-state index contributed by atoms with van der Waals surface area (Å²) in [6.45, 7) is 2.17. The van der Waals surface area contributed by atoms with Crippen molar-refractivity contribution in [2.75, 3.05) is 0 Å². The standard InChI is InChI=1S/C7H9N/c1-6-2-3-7(4-6)5-8/h3,6H,2,4H2,1H3. The largest absolute Gasteiger partial charge is 0.193 e. The van der Waals surface area contributed by atoms with E-state index in [2.05, 4.69) is 13.0 Å². The lowest BCUT2D eigenvalue weighted by atomic mass is 10.1. The highest BCUT2D eigenvalue weighted by molar-refractivity contribution is 5.24. The number of hydrogen-bond acceptors (Lipinski definition) is 1. The molecule has 1 aliphatic carbocycles. The lowest BCUT2D eigenvalue weighted by Gasteiger charge is -1.93. The Balaban J connectivity index is 2.53. The van der Waals surface area contributed by atoms with Gasteiger partial charge < -0.3 is 0 Å². The van der Waals surface area contributed by atoms with E-state index in [4.69, 9.17) is 5.26 Å². The van der Waals surface area contributed by atoms with Crippen molar-refractivity contribution < 1.29 is 0 Å². The molecule has 42 valence electrons. The molecule has 0 saturated heterocycles. The molecule has 0 amide bonds. The molecule has 0 aromatic heterocycles. The SMILES string of the molecule is CC1CC=C(C#N)C1. The van der Waals surface area contributed by atoms with Gasteiger partial charge in [0.2, 0.25) is 0 Å². The molecule has 1 atom stereocenters. The Morgan fingerprint density at radius 3 is 2.88 bits per heavy atom. The molecular weight excluding hydrogens is 98.1 g/mol. The molecule has 0 aromatic rings. The molecule has 0 N–H and O–H groups in total. The van der Waals surface area contributed by atoms with Crippen LogP contribution in [0.15, 0.2) is 11.6 Å². The third kappa shape index (κ3) is 0.894. The summed E-state index contributed by atoms with van der Waals surface area (Å²) in [7, 11) is 0. The highest BCUT2D eigenvalue weighted by Crippen LogP contribution is 2.22. The molecule has 0 heterocycles. The van der Waals surface area contributed by atoms with Gasteiger partial charge in [-0.2, -0.15) is 5.26 Å². The van der Waals surface area contributed by atoms with Crippen LogP contribution in [0.2, 0.25) is 0 Å². The van der Waals surface area contributed by atoms with Crippen LogP contribution in [0.4, 0.5) is 0 Å². The van der Waals surface area contributed by atoms with Gasteiger partial charge >= 0.3 is 0 Å². The Kier molecular flexibility index (Phi) is 1.34. The van der Waals surface area contributed by atoms with Crippen molar-refractivity contribution in [3.8, 4) is 6.07 Å². The van der Waals surface area contributed by atoms with Gasteiger partial charge in [-0.1, -0.05) is 13.0 Å². The first-order chi connectivity index (χ1) is 3.83. The highest BCUT2D eigenvalue weighted by Gasteiger charge is 2.10. The van der Waals surface area contributed by atoms with Crippen LogP contribution in [0.25, 0.3) is 0 Å². The molecule has 0 spiro atoms. The molecule has 1 aliphatic rings. The molecule has 1 nitrogen and oxygen atoms in total. The van der Waals surface area contributed by atoms with E-state index in [-0.39, 0.29) is 0 Å². The molecule has 1 unspecified atom stereocenters. The maximum Gasteiger partial charge on any atom is 0.0943 e. The normalized spacial score (nSPS) is 27.0. The number of rotatable bonds is 0. The smallest absolute Gasteiger partial charge is 0.0943 e. The Bertz CT molecular complexity index is 150. The van der Waals surface area contributed by atoms with Gasteiger partial charge in [-0.25, -0.2) is 0 Å². The van der Waals surface area contributed by atoms with Gasteiger partial charge in [0.15, 0.2) is 0 Å². The molecule has 0 aliphatic heterocycles. The van der Waals surface area contributed by atoms with Crippen LogP contribution >= 0.6 is 0 Å². The Morgan fingerprint density at radius 2 is 2.62 bits per heavy atom. The average Bonchev–Trinajstić information content (AvgIpc) is 2.14. The van der Waals surface area contributed by atoms with E-state index in [1.54, 1.807) is 0 Å². The fourth-order valence-corrected chi connectivity index (χ4v) is 0.977. The van der Waals surface area contributed by atoms with E-state index >= 15 is 0 Å². The Hall–Kier alpha value is -0.770. The van der Waals surface area contributed by atoms with E-state index in [9.17, 15) is 0 Å². The minimum Gasteiger partial charge on any atom is -0.193 e. The van der Waals surface area contributed by atoms with Crippen LogP contribution < -0.4 is 0 Å². The third-order valence-electron chi connectivity index (χ3n) is 1.48. The number of allylic oxidation sites excluding steroid dienone is 2. The fourth-order valence-electron chi connectivity index (χ4n) is 0.977. The minimum atomic E-state index is 0.713. The van der Waals surface area contributed by atoms with Gasteiger partial charge in [-0.05, 0) is 18.8 Å². The second-order valence-corrected chi connectivity index (χ2v) is 2.39. The Labute approximate surface area is 49.6 Å². The van der Waals surface area contributed by atoms with Gasteiger partial charge in [-0.15, -0.1) is 0 Å². The molecule has 8 heavy (non-hydrogen) atoms. The van der Waals surface area contributed by atoms with Gasteiger partial charge in [0.1, 0.15) is 0 Å². The van der Waals surface area contributed by atoms with E-state index in [0.29, 0.717) is 5.92 Å².